The Bertz CT molecular complexity index is 407. The van der Waals surface area contributed by atoms with E-state index in [0.717, 1.165) is 25.7 Å². The van der Waals surface area contributed by atoms with Crippen LogP contribution in [0.4, 0.5) is 5.69 Å². The van der Waals surface area contributed by atoms with Crippen LogP contribution in [0, 0.1) is 5.92 Å². The third-order valence-corrected chi connectivity index (χ3v) is 3.22. The molecule has 0 aromatic heterocycles. The third kappa shape index (κ3) is 4.22. The summed E-state index contributed by atoms with van der Waals surface area (Å²) in [5.74, 6) is -0.0232. The number of nitrogens with one attached hydrogen (secondary N) is 1. The van der Waals surface area contributed by atoms with Gasteiger partial charge in [-0.1, -0.05) is 38.3 Å². The number of aromatic hydroxyl groups is 1. The molecule has 1 aromatic carbocycles. The second kappa shape index (κ2) is 7.27. The van der Waals surface area contributed by atoms with Gasteiger partial charge in [-0.25, -0.2) is 0 Å². The number of phenolic OH excluding ortho intramolecular Hbond substituents is 1. The molecule has 1 aromatic rings. The zero-order valence-corrected chi connectivity index (χ0v) is 11.6. The number of hydrogen-bond acceptors (Lipinski definition) is 2. The first-order valence-corrected chi connectivity index (χ1v) is 6.75. The van der Waals surface area contributed by atoms with E-state index in [2.05, 4.69) is 12.2 Å². The van der Waals surface area contributed by atoms with E-state index >= 15 is 0 Å². The molecule has 0 unspecified atom stereocenters. The predicted molar refractivity (Wildman–Crippen MR) is 75.1 cm³/mol. The van der Waals surface area contributed by atoms with Crippen LogP contribution < -0.4 is 5.32 Å². The molecule has 0 saturated carbocycles. The van der Waals surface area contributed by atoms with Gasteiger partial charge in [0, 0.05) is 10.9 Å². The summed E-state index contributed by atoms with van der Waals surface area (Å²) < 4.78 is 0. The zero-order chi connectivity index (χ0) is 13.5. The Labute approximate surface area is 113 Å². The monoisotopic (exact) mass is 269 g/mol. The first kappa shape index (κ1) is 14.8. The van der Waals surface area contributed by atoms with Gasteiger partial charge in [0.15, 0.2) is 0 Å². The Hall–Kier alpha value is -1.22. The van der Waals surface area contributed by atoms with Gasteiger partial charge in [0.1, 0.15) is 5.75 Å². The van der Waals surface area contributed by atoms with Crippen molar-refractivity contribution in [2.75, 3.05) is 5.32 Å². The standard InChI is InChI=1S/C14H20ClNO2/c1-3-5-6-10(4-2)14(18)16-12-9-11(15)7-8-13(12)17/h7-10,17H,3-6H2,1-2H3,(H,16,18)/t10-/m0/s1. The van der Waals surface area contributed by atoms with Gasteiger partial charge in [0.25, 0.3) is 0 Å². The lowest BCUT2D eigenvalue weighted by Gasteiger charge is -2.15. The van der Waals surface area contributed by atoms with Crippen molar-refractivity contribution in [2.24, 2.45) is 5.92 Å². The average Bonchev–Trinajstić information content (AvgIpc) is 2.35. The highest BCUT2D eigenvalue weighted by atomic mass is 35.5. The van der Waals surface area contributed by atoms with Crippen molar-refractivity contribution in [3.05, 3.63) is 23.2 Å². The lowest BCUT2D eigenvalue weighted by molar-refractivity contribution is -0.120. The first-order chi connectivity index (χ1) is 8.58. The van der Waals surface area contributed by atoms with Crippen LogP contribution in [0.25, 0.3) is 0 Å². The highest BCUT2D eigenvalue weighted by molar-refractivity contribution is 6.31. The second-order valence-electron chi connectivity index (χ2n) is 4.40. The van der Waals surface area contributed by atoms with E-state index in [-0.39, 0.29) is 17.6 Å². The smallest absolute Gasteiger partial charge is 0.227 e. The Morgan fingerprint density at radius 1 is 1.44 bits per heavy atom. The molecule has 1 atom stereocenters. The van der Waals surface area contributed by atoms with E-state index in [1.165, 1.54) is 6.07 Å². The maximum atomic E-state index is 12.0. The van der Waals surface area contributed by atoms with Gasteiger partial charge in [-0.3, -0.25) is 4.79 Å². The minimum absolute atomic E-state index is 0.0108. The maximum Gasteiger partial charge on any atom is 0.227 e. The molecule has 0 spiro atoms. The van der Waals surface area contributed by atoms with Crippen molar-refractivity contribution < 1.29 is 9.90 Å². The number of carbonyl (C=O) groups excluding carboxylic acids is 1. The molecule has 2 N–H and O–H groups in total. The van der Waals surface area contributed by atoms with Crippen LogP contribution in [-0.4, -0.2) is 11.0 Å². The second-order valence-corrected chi connectivity index (χ2v) is 4.83. The van der Waals surface area contributed by atoms with E-state index in [1.54, 1.807) is 12.1 Å². The molecular weight excluding hydrogens is 250 g/mol. The van der Waals surface area contributed by atoms with Gasteiger partial charge in [0.05, 0.1) is 5.69 Å². The summed E-state index contributed by atoms with van der Waals surface area (Å²) in [5.41, 5.74) is 0.377. The van der Waals surface area contributed by atoms with Gasteiger partial charge in [-0.2, -0.15) is 0 Å². The van der Waals surface area contributed by atoms with Crippen LogP contribution in [0.5, 0.6) is 5.75 Å². The third-order valence-electron chi connectivity index (χ3n) is 2.99. The van der Waals surface area contributed by atoms with Crippen LogP contribution >= 0.6 is 11.6 Å². The summed E-state index contributed by atoms with van der Waals surface area (Å²) in [5, 5.41) is 12.9. The molecule has 3 nitrogen and oxygen atoms in total. The topological polar surface area (TPSA) is 49.3 Å². The fourth-order valence-electron chi connectivity index (χ4n) is 1.81. The fourth-order valence-corrected chi connectivity index (χ4v) is 1.99. The van der Waals surface area contributed by atoms with Crippen LogP contribution in [0.3, 0.4) is 0 Å². The number of hydrogen-bond donors (Lipinski definition) is 2. The first-order valence-electron chi connectivity index (χ1n) is 6.37. The summed E-state index contributed by atoms with van der Waals surface area (Å²) in [7, 11) is 0. The molecule has 0 aliphatic carbocycles. The normalized spacial score (nSPS) is 12.2. The summed E-state index contributed by atoms with van der Waals surface area (Å²) in [6.07, 6.45) is 3.78. The van der Waals surface area contributed by atoms with Crippen LogP contribution in [-0.2, 0) is 4.79 Å². The lowest BCUT2D eigenvalue weighted by atomic mass is 9.98. The molecule has 0 aliphatic rings. The van der Waals surface area contributed by atoms with Crippen LogP contribution in [0.1, 0.15) is 39.5 Å². The molecule has 0 radical (unpaired) electrons. The molecule has 100 valence electrons. The SMILES string of the molecule is CCCC[C@H](CC)C(=O)Nc1cc(Cl)ccc1O. The Morgan fingerprint density at radius 2 is 2.17 bits per heavy atom. The molecule has 4 heteroatoms. The number of unbranched alkanes of at least 4 members (excludes halogenated alkanes) is 1. The minimum atomic E-state index is -0.0523. The van der Waals surface area contributed by atoms with E-state index in [0.29, 0.717) is 10.7 Å². The van der Waals surface area contributed by atoms with Gasteiger partial charge in [0.2, 0.25) is 5.91 Å². The van der Waals surface area contributed by atoms with E-state index < -0.39 is 0 Å². The fraction of sp³-hybridized carbons (Fsp3) is 0.500. The Kier molecular flexibility index (Phi) is 5.99. The Balaban J connectivity index is 2.70. The summed E-state index contributed by atoms with van der Waals surface area (Å²) in [6.45, 7) is 4.10. The molecule has 0 saturated heterocycles. The van der Waals surface area contributed by atoms with Crippen LogP contribution in [0.15, 0.2) is 18.2 Å². The Morgan fingerprint density at radius 3 is 2.78 bits per heavy atom. The van der Waals surface area contributed by atoms with Gasteiger partial charge in [-0.05, 0) is 31.0 Å². The van der Waals surface area contributed by atoms with Crippen molar-refractivity contribution >= 4 is 23.2 Å². The largest absolute Gasteiger partial charge is 0.506 e. The average molecular weight is 270 g/mol. The molecule has 1 rings (SSSR count). The zero-order valence-electron chi connectivity index (χ0n) is 10.9. The van der Waals surface area contributed by atoms with E-state index in [9.17, 15) is 9.90 Å². The highest BCUT2D eigenvalue weighted by Crippen LogP contribution is 2.27. The van der Waals surface area contributed by atoms with Gasteiger partial charge >= 0.3 is 0 Å². The van der Waals surface area contributed by atoms with Crippen molar-refractivity contribution in [1.29, 1.82) is 0 Å². The summed E-state index contributed by atoms with van der Waals surface area (Å²) in [4.78, 5) is 12.0. The molecule has 0 aliphatic heterocycles. The van der Waals surface area contributed by atoms with Gasteiger partial charge in [-0.15, -0.1) is 0 Å². The molecule has 0 bridgehead atoms. The van der Waals surface area contributed by atoms with Gasteiger partial charge < -0.3 is 10.4 Å². The van der Waals surface area contributed by atoms with Crippen molar-refractivity contribution in [2.45, 2.75) is 39.5 Å². The van der Waals surface area contributed by atoms with Crippen LogP contribution in [0.2, 0.25) is 5.02 Å². The molecule has 18 heavy (non-hydrogen) atoms. The highest BCUT2D eigenvalue weighted by Gasteiger charge is 2.17. The lowest BCUT2D eigenvalue weighted by Crippen LogP contribution is -2.22. The number of rotatable bonds is 6. The quantitative estimate of drug-likeness (QED) is 0.761. The number of anilines is 1. The number of carbonyl (C=O) groups is 1. The molecule has 1 amide bonds. The van der Waals surface area contributed by atoms with Crippen molar-refractivity contribution in [3.8, 4) is 5.75 Å². The number of amides is 1. The van der Waals surface area contributed by atoms with Crippen molar-refractivity contribution in [1.82, 2.24) is 0 Å². The number of halogens is 1. The predicted octanol–water partition coefficient (Wildman–Crippen LogP) is 4.20. The molecule has 0 heterocycles. The molecular formula is C14H20ClNO2. The summed E-state index contributed by atoms with van der Waals surface area (Å²) >= 11 is 5.83. The molecule has 0 fully saturated rings. The van der Waals surface area contributed by atoms with E-state index in [4.69, 9.17) is 11.6 Å². The van der Waals surface area contributed by atoms with Crippen molar-refractivity contribution in [3.63, 3.8) is 0 Å². The number of benzene rings is 1. The van der Waals surface area contributed by atoms with E-state index in [1.807, 2.05) is 6.92 Å². The summed E-state index contributed by atoms with van der Waals surface area (Å²) in [6, 6.07) is 4.62. The minimum Gasteiger partial charge on any atom is -0.506 e. The number of phenols is 1. The maximum absolute atomic E-state index is 12.0.